The number of nitrogens with one attached hydrogen (secondary N) is 1. The molecule has 2 atom stereocenters. The summed E-state index contributed by atoms with van der Waals surface area (Å²) < 4.78 is 5.14. The molecular formula is C12H20N4O. The molecule has 2 rings (SSSR count). The molecule has 0 aromatic carbocycles. The molecule has 3 N–H and O–H groups in total. The molecule has 17 heavy (non-hydrogen) atoms. The van der Waals surface area contributed by atoms with Crippen LogP contribution >= 0.6 is 0 Å². The van der Waals surface area contributed by atoms with E-state index in [1.807, 2.05) is 13.0 Å². The van der Waals surface area contributed by atoms with Crippen LogP contribution in [0, 0.1) is 12.8 Å². The Morgan fingerprint density at radius 1 is 1.47 bits per heavy atom. The van der Waals surface area contributed by atoms with Crippen LogP contribution in [0.3, 0.4) is 0 Å². The van der Waals surface area contributed by atoms with Crippen LogP contribution in [-0.4, -0.2) is 29.7 Å². The molecule has 5 nitrogen and oxygen atoms in total. The van der Waals surface area contributed by atoms with Crippen molar-refractivity contribution in [1.82, 2.24) is 9.97 Å². The van der Waals surface area contributed by atoms with Gasteiger partial charge < -0.3 is 15.8 Å². The Morgan fingerprint density at radius 2 is 2.29 bits per heavy atom. The second-order valence-corrected chi connectivity index (χ2v) is 4.55. The van der Waals surface area contributed by atoms with Gasteiger partial charge in [0.25, 0.3) is 0 Å². The standard InChI is InChI=1S/C12H20N4O/c1-8-6-11(17-2)16-12(14-8)15-10-5-3-4-9(10)7-13/h6,9-10H,3-5,7,13H2,1-2H3,(H,14,15,16). The first-order valence-corrected chi connectivity index (χ1v) is 6.09. The van der Waals surface area contributed by atoms with Gasteiger partial charge in [0, 0.05) is 17.8 Å². The number of aromatic nitrogens is 2. The molecule has 1 heterocycles. The average Bonchev–Trinajstić information content (AvgIpc) is 2.75. The Balaban J connectivity index is 2.09. The Bertz CT molecular complexity index is 383. The van der Waals surface area contributed by atoms with E-state index < -0.39 is 0 Å². The Hall–Kier alpha value is -1.36. The maximum Gasteiger partial charge on any atom is 0.226 e. The molecule has 0 saturated heterocycles. The van der Waals surface area contributed by atoms with E-state index in [-0.39, 0.29) is 0 Å². The number of rotatable bonds is 4. The number of hydrogen-bond acceptors (Lipinski definition) is 5. The van der Waals surface area contributed by atoms with E-state index in [0.717, 1.165) is 18.7 Å². The summed E-state index contributed by atoms with van der Waals surface area (Å²) in [6, 6.07) is 2.21. The van der Waals surface area contributed by atoms with Crippen molar-refractivity contribution >= 4 is 5.95 Å². The highest BCUT2D eigenvalue weighted by Gasteiger charge is 2.26. The highest BCUT2D eigenvalue weighted by molar-refractivity contribution is 5.32. The molecular weight excluding hydrogens is 216 g/mol. The first-order chi connectivity index (χ1) is 8.22. The number of nitrogens with two attached hydrogens (primary N) is 1. The zero-order valence-electron chi connectivity index (χ0n) is 10.4. The first-order valence-electron chi connectivity index (χ1n) is 6.09. The smallest absolute Gasteiger partial charge is 0.226 e. The van der Waals surface area contributed by atoms with Crippen LogP contribution in [0.2, 0.25) is 0 Å². The minimum atomic E-state index is 0.395. The lowest BCUT2D eigenvalue weighted by Crippen LogP contribution is -2.30. The molecule has 1 aliphatic carbocycles. The van der Waals surface area contributed by atoms with Crippen molar-refractivity contribution in [2.24, 2.45) is 11.7 Å². The summed E-state index contributed by atoms with van der Waals surface area (Å²) >= 11 is 0. The fraction of sp³-hybridized carbons (Fsp3) is 0.667. The van der Waals surface area contributed by atoms with E-state index in [9.17, 15) is 0 Å². The van der Waals surface area contributed by atoms with Crippen molar-refractivity contribution in [3.63, 3.8) is 0 Å². The van der Waals surface area contributed by atoms with Crippen LogP contribution in [0.4, 0.5) is 5.95 Å². The van der Waals surface area contributed by atoms with E-state index in [1.54, 1.807) is 7.11 Å². The maximum absolute atomic E-state index is 5.76. The molecule has 5 heteroatoms. The third kappa shape index (κ3) is 2.85. The summed E-state index contributed by atoms with van der Waals surface area (Å²) in [6.07, 6.45) is 3.56. The lowest BCUT2D eigenvalue weighted by atomic mass is 10.0. The molecule has 1 fully saturated rings. The molecule has 1 aliphatic rings. The van der Waals surface area contributed by atoms with Crippen LogP contribution in [0.15, 0.2) is 6.07 Å². The van der Waals surface area contributed by atoms with Crippen molar-refractivity contribution in [1.29, 1.82) is 0 Å². The highest BCUT2D eigenvalue weighted by atomic mass is 16.5. The van der Waals surface area contributed by atoms with Gasteiger partial charge in [-0.3, -0.25) is 0 Å². The Morgan fingerprint density at radius 3 is 3.00 bits per heavy atom. The molecule has 0 spiro atoms. The van der Waals surface area contributed by atoms with E-state index in [0.29, 0.717) is 23.8 Å². The largest absolute Gasteiger partial charge is 0.481 e. The third-order valence-corrected chi connectivity index (χ3v) is 3.32. The lowest BCUT2D eigenvalue weighted by molar-refractivity contribution is 0.396. The van der Waals surface area contributed by atoms with Crippen LogP contribution in [-0.2, 0) is 0 Å². The summed E-state index contributed by atoms with van der Waals surface area (Å²) in [5, 5.41) is 3.38. The van der Waals surface area contributed by atoms with Crippen molar-refractivity contribution in [2.75, 3.05) is 19.0 Å². The van der Waals surface area contributed by atoms with Crippen molar-refractivity contribution in [3.8, 4) is 5.88 Å². The van der Waals surface area contributed by atoms with Gasteiger partial charge in [-0.25, -0.2) is 4.98 Å². The van der Waals surface area contributed by atoms with Gasteiger partial charge in [-0.05, 0) is 32.2 Å². The van der Waals surface area contributed by atoms with Gasteiger partial charge in [0.05, 0.1) is 7.11 Å². The lowest BCUT2D eigenvalue weighted by Gasteiger charge is -2.19. The summed E-state index contributed by atoms with van der Waals surface area (Å²) in [4.78, 5) is 8.67. The summed E-state index contributed by atoms with van der Waals surface area (Å²) in [7, 11) is 1.61. The minimum Gasteiger partial charge on any atom is -0.481 e. The molecule has 94 valence electrons. The normalized spacial score (nSPS) is 23.7. The average molecular weight is 236 g/mol. The molecule has 0 amide bonds. The second-order valence-electron chi connectivity index (χ2n) is 4.55. The quantitative estimate of drug-likeness (QED) is 0.825. The number of aryl methyl sites for hydroxylation is 1. The highest BCUT2D eigenvalue weighted by Crippen LogP contribution is 2.27. The SMILES string of the molecule is COc1cc(C)nc(NC2CCCC2CN)n1. The van der Waals surface area contributed by atoms with Gasteiger partial charge in [0.2, 0.25) is 11.8 Å². The molecule has 0 bridgehead atoms. The van der Waals surface area contributed by atoms with Crippen LogP contribution in [0.5, 0.6) is 5.88 Å². The van der Waals surface area contributed by atoms with E-state index >= 15 is 0 Å². The third-order valence-electron chi connectivity index (χ3n) is 3.32. The minimum absolute atomic E-state index is 0.395. The first kappa shape index (κ1) is 12.1. The Kier molecular flexibility index (Phi) is 3.78. The summed E-state index contributed by atoms with van der Waals surface area (Å²) in [5.74, 6) is 1.78. The van der Waals surface area contributed by atoms with Crippen LogP contribution in [0.25, 0.3) is 0 Å². The van der Waals surface area contributed by atoms with Crippen molar-refractivity contribution in [3.05, 3.63) is 11.8 Å². The fourth-order valence-electron chi connectivity index (χ4n) is 2.38. The topological polar surface area (TPSA) is 73.1 Å². The van der Waals surface area contributed by atoms with E-state index in [1.165, 1.54) is 12.8 Å². The predicted octanol–water partition coefficient (Wildman–Crippen LogP) is 1.33. The Labute approximate surface area is 102 Å². The fourth-order valence-corrected chi connectivity index (χ4v) is 2.38. The number of anilines is 1. The number of nitrogens with zero attached hydrogens (tertiary/aromatic N) is 2. The zero-order chi connectivity index (χ0) is 12.3. The molecule has 1 aromatic rings. The number of hydrogen-bond donors (Lipinski definition) is 2. The maximum atomic E-state index is 5.76. The number of methoxy groups -OCH3 is 1. The predicted molar refractivity (Wildman–Crippen MR) is 67.1 cm³/mol. The van der Waals surface area contributed by atoms with Gasteiger partial charge in [-0.2, -0.15) is 4.98 Å². The van der Waals surface area contributed by atoms with Gasteiger partial charge in [0.1, 0.15) is 0 Å². The molecule has 0 aliphatic heterocycles. The monoisotopic (exact) mass is 236 g/mol. The van der Waals surface area contributed by atoms with Gasteiger partial charge in [-0.1, -0.05) is 6.42 Å². The van der Waals surface area contributed by atoms with E-state index in [2.05, 4.69) is 15.3 Å². The molecule has 2 unspecified atom stereocenters. The van der Waals surface area contributed by atoms with Gasteiger partial charge >= 0.3 is 0 Å². The summed E-state index contributed by atoms with van der Waals surface area (Å²) in [6.45, 7) is 2.66. The van der Waals surface area contributed by atoms with Crippen LogP contribution in [0.1, 0.15) is 25.0 Å². The zero-order valence-corrected chi connectivity index (χ0v) is 10.4. The molecule has 1 aromatic heterocycles. The second kappa shape index (κ2) is 5.31. The molecule has 1 saturated carbocycles. The van der Waals surface area contributed by atoms with Crippen LogP contribution < -0.4 is 15.8 Å². The summed E-state index contributed by atoms with van der Waals surface area (Å²) in [5.41, 5.74) is 6.66. The van der Waals surface area contributed by atoms with Gasteiger partial charge in [0.15, 0.2) is 0 Å². The van der Waals surface area contributed by atoms with Crippen molar-refractivity contribution < 1.29 is 4.74 Å². The van der Waals surface area contributed by atoms with E-state index in [4.69, 9.17) is 10.5 Å². The molecule has 0 radical (unpaired) electrons. The van der Waals surface area contributed by atoms with Gasteiger partial charge in [-0.15, -0.1) is 0 Å². The van der Waals surface area contributed by atoms with Crippen molar-refractivity contribution in [2.45, 2.75) is 32.2 Å². The number of ether oxygens (including phenoxy) is 1.